The van der Waals surface area contributed by atoms with Crippen LogP contribution in [0.15, 0.2) is 12.1 Å². The maximum atomic E-state index is 11.4. The average Bonchev–Trinajstić information content (AvgIpc) is 2.35. The van der Waals surface area contributed by atoms with Gasteiger partial charge in [0.1, 0.15) is 11.8 Å². The summed E-state index contributed by atoms with van der Waals surface area (Å²) >= 11 is 5.35. The van der Waals surface area contributed by atoms with Gasteiger partial charge in [0.15, 0.2) is 11.3 Å². The molecule has 0 saturated heterocycles. The van der Waals surface area contributed by atoms with E-state index in [1.165, 1.54) is 19.2 Å². The number of hydrogen-bond donors (Lipinski definition) is 0. The zero-order chi connectivity index (χ0) is 13.0. The van der Waals surface area contributed by atoms with Crippen molar-refractivity contribution in [3.8, 4) is 11.8 Å². The molecule has 1 rings (SSSR count). The fraction of sp³-hybridized carbons (Fsp3) is 0.200. The zero-order valence-electron chi connectivity index (χ0n) is 8.77. The van der Waals surface area contributed by atoms with E-state index >= 15 is 0 Å². The number of halogens is 1. The summed E-state index contributed by atoms with van der Waals surface area (Å²) < 4.78 is 4.82. The number of alkyl halides is 1. The van der Waals surface area contributed by atoms with Gasteiger partial charge in [-0.25, -0.2) is 0 Å². The predicted octanol–water partition coefficient (Wildman–Crippen LogP) is 1.90. The van der Waals surface area contributed by atoms with Gasteiger partial charge < -0.3 is 4.74 Å². The molecule has 0 aliphatic rings. The molecule has 0 aliphatic carbocycles. The largest absolute Gasteiger partial charge is 0.495 e. The van der Waals surface area contributed by atoms with Gasteiger partial charge in [-0.15, -0.1) is 11.6 Å². The zero-order valence-corrected chi connectivity index (χ0v) is 9.52. The van der Waals surface area contributed by atoms with Crippen LogP contribution in [0, 0.1) is 21.4 Å². The van der Waals surface area contributed by atoms with Gasteiger partial charge in [0.05, 0.1) is 23.5 Å². The van der Waals surface area contributed by atoms with Crippen molar-refractivity contribution >= 4 is 23.1 Å². The molecule has 0 N–H and O–H groups in total. The highest BCUT2D eigenvalue weighted by molar-refractivity contribution is 6.31. The maximum absolute atomic E-state index is 11.4. The molecule has 0 unspecified atom stereocenters. The van der Waals surface area contributed by atoms with Crippen molar-refractivity contribution in [1.82, 2.24) is 0 Å². The van der Waals surface area contributed by atoms with E-state index < -0.39 is 22.3 Å². The number of nitro groups is 1. The first-order valence-corrected chi connectivity index (χ1v) is 4.94. The van der Waals surface area contributed by atoms with Crippen molar-refractivity contribution in [2.24, 2.45) is 0 Å². The number of methoxy groups -OCH3 is 1. The van der Waals surface area contributed by atoms with Gasteiger partial charge in [-0.05, 0) is 12.1 Å². The van der Waals surface area contributed by atoms with E-state index in [0.29, 0.717) is 0 Å². The lowest BCUT2D eigenvalue weighted by atomic mass is 10.0. The van der Waals surface area contributed by atoms with Crippen LogP contribution in [0.3, 0.4) is 0 Å². The minimum atomic E-state index is -0.791. The van der Waals surface area contributed by atoms with Gasteiger partial charge in [-0.1, -0.05) is 0 Å². The fourth-order valence-corrected chi connectivity index (χ4v) is 1.48. The van der Waals surface area contributed by atoms with Crippen LogP contribution in [-0.4, -0.2) is 23.7 Å². The third kappa shape index (κ3) is 2.34. The van der Waals surface area contributed by atoms with Crippen LogP contribution in [0.1, 0.15) is 15.9 Å². The van der Waals surface area contributed by atoms with Crippen molar-refractivity contribution in [1.29, 1.82) is 5.26 Å². The predicted molar refractivity (Wildman–Crippen MR) is 59.4 cm³/mol. The molecule has 0 saturated carbocycles. The number of carbonyl (C=O) groups excluding carboxylic acids is 1. The molecule has 0 fully saturated rings. The lowest BCUT2D eigenvalue weighted by Gasteiger charge is -2.06. The molecule has 0 aromatic heterocycles. The third-order valence-corrected chi connectivity index (χ3v) is 2.32. The van der Waals surface area contributed by atoms with Crippen molar-refractivity contribution in [2.45, 2.75) is 0 Å². The Balaban J connectivity index is 3.60. The third-order valence-electron chi connectivity index (χ3n) is 2.08. The summed E-state index contributed by atoms with van der Waals surface area (Å²) in [6, 6.07) is 4.20. The molecule has 0 radical (unpaired) electrons. The molecule has 6 nitrogen and oxygen atoms in total. The summed E-state index contributed by atoms with van der Waals surface area (Å²) in [5, 5.41) is 19.8. The molecule has 17 heavy (non-hydrogen) atoms. The Bertz CT molecular complexity index is 522. The van der Waals surface area contributed by atoms with Gasteiger partial charge in [0.2, 0.25) is 0 Å². The number of hydrogen-bond acceptors (Lipinski definition) is 5. The molecule has 0 heterocycles. The summed E-state index contributed by atoms with van der Waals surface area (Å²) in [7, 11) is 1.28. The van der Waals surface area contributed by atoms with E-state index in [9.17, 15) is 14.9 Å². The summed E-state index contributed by atoms with van der Waals surface area (Å²) in [6.45, 7) is 0. The summed E-state index contributed by atoms with van der Waals surface area (Å²) in [5.74, 6) is -0.958. The standard InChI is InChI=1S/C10H7ClN2O4/c1-17-9-3-2-6(8(14)4-11)10(13(15)16)7(9)5-12/h2-3H,4H2,1H3. The van der Waals surface area contributed by atoms with Crippen LogP contribution in [0.4, 0.5) is 5.69 Å². The number of nitrogens with zero attached hydrogens (tertiary/aromatic N) is 2. The molecule has 0 atom stereocenters. The quantitative estimate of drug-likeness (QED) is 0.354. The van der Waals surface area contributed by atoms with Crippen LogP contribution < -0.4 is 4.74 Å². The number of ketones is 1. The smallest absolute Gasteiger partial charge is 0.301 e. The number of Topliss-reactive ketones (excluding diaryl/α,β-unsaturated/α-hetero) is 1. The van der Waals surface area contributed by atoms with E-state index in [1.54, 1.807) is 6.07 Å². The van der Waals surface area contributed by atoms with E-state index in [1.807, 2.05) is 0 Å². The van der Waals surface area contributed by atoms with Crippen LogP contribution in [-0.2, 0) is 0 Å². The SMILES string of the molecule is COc1ccc(C(=O)CCl)c([N+](=O)[O-])c1C#N. The maximum Gasteiger partial charge on any atom is 0.301 e. The van der Waals surface area contributed by atoms with Crippen molar-refractivity contribution < 1.29 is 14.5 Å². The normalized spacial score (nSPS) is 9.47. The molecular formula is C10H7ClN2O4. The Labute approximate surface area is 102 Å². The second kappa shape index (κ2) is 5.27. The molecule has 0 amide bonds. The highest BCUT2D eigenvalue weighted by atomic mass is 35.5. The number of rotatable bonds is 4. The van der Waals surface area contributed by atoms with E-state index in [2.05, 4.69) is 0 Å². The minimum Gasteiger partial charge on any atom is -0.495 e. The average molecular weight is 255 g/mol. The molecule has 1 aromatic rings. The number of ether oxygens (including phenoxy) is 1. The Hall–Kier alpha value is -2.13. The van der Waals surface area contributed by atoms with E-state index in [-0.39, 0.29) is 16.9 Å². The summed E-state index contributed by atoms with van der Waals surface area (Å²) in [5.41, 5.74) is -1.05. The van der Waals surface area contributed by atoms with Gasteiger partial charge in [0, 0.05) is 0 Å². The second-order valence-electron chi connectivity index (χ2n) is 2.96. The Morgan fingerprint density at radius 1 is 1.65 bits per heavy atom. The molecule has 88 valence electrons. The van der Waals surface area contributed by atoms with Crippen molar-refractivity contribution in [3.63, 3.8) is 0 Å². The number of carbonyl (C=O) groups is 1. The Morgan fingerprint density at radius 3 is 2.71 bits per heavy atom. The van der Waals surface area contributed by atoms with Gasteiger partial charge in [-0.2, -0.15) is 5.26 Å². The first-order chi connectivity index (χ1) is 8.06. The fourth-order valence-electron chi connectivity index (χ4n) is 1.34. The molecule has 7 heteroatoms. The second-order valence-corrected chi connectivity index (χ2v) is 3.23. The Morgan fingerprint density at radius 2 is 2.29 bits per heavy atom. The first-order valence-electron chi connectivity index (χ1n) is 4.41. The van der Waals surface area contributed by atoms with Crippen LogP contribution in [0.2, 0.25) is 0 Å². The summed E-state index contributed by atoms with van der Waals surface area (Å²) in [6.07, 6.45) is 0. The Kier molecular flexibility index (Phi) is 4.01. The van der Waals surface area contributed by atoms with E-state index in [0.717, 1.165) is 0 Å². The molecule has 0 bridgehead atoms. The first kappa shape index (κ1) is 12.9. The molecular weight excluding hydrogens is 248 g/mol. The van der Waals surface area contributed by atoms with Crippen LogP contribution in [0.25, 0.3) is 0 Å². The summed E-state index contributed by atoms with van der Waals surface area (Å²) in [4.78, 5) is 21.5. The minimum absolute atomic E-state index is 0.0466. The topological polar surface area (TPSA) is 93.2 Å². The van der Waals surface area contributed by atoms with Gasteiger partial charge in [-0.3, -0.25) is 14.9 Å². The van der Waals surface area contributed by atoms with Crippen molar-refractivity contribution in [2.75, 3.05) is 13.0 Å². The van der Waals surface area contributed by atoms with Crippen LogP contribution >= 0.6 is 11.6 Å². The number of nitriles is 1. The van der Waals surface area contributed by atoms with E-state index in [4.69, 9.17) is 21.6 Å². The van der Waals surface area contributed by atoms with Crippen LogP contribution in [0.5, 0.6) is 5.75 Å². The van der Waals surface area contributed by atoms with Gasteiger partial charge >= 0.3 is 5.69 Å². The van der Waals surface area contributed by atoms with Crippen molar-refractivity contribution in [3.05, 3.63) is 33.4 Å². The monoisotopic (exact) mass is 254 g/mol. The highest BCUT2D eigenvalue weighted by Crippen LogP contribution is 2.31. The molecule has 0 spiro atoms. The number of nitro benzene ring substituents is 1. The lowest BCUT2D eigenvalue weighted by molar-refractivity contribution is -0.385. The van der Waals surface area contributed by atoms with Gasteiger partial charge in [0.25, 0.3) is 0 Å². The lowest BCUT2D eigenvalue weighted by Crippen LogP contribution is -2.07. The highest BCUT2D eigenvalue weighted by Gasteiger charge is 2.27. The molecule has 1 aromatic carbocycles. The molecule has 0 aliphatic heterocycles. The number of benzene rings is 1.